The lowest BCUT2D eigenvalue weighted by atomic mass is 9.81. The molecule has 0 radical (unpaired) electrons. The predicted octanol–water partition coefficient (Wildman–Crippen LogP) is 14.2. The fraction of sp³-hybridized carbons (Fsp3) is 0.0588. The van der Waals surface area contributed by atoms with E-state index in [0.29, 0.717) is 0 Å². The molecule has 2 aliphatic rings. The first-order valence-electron chi connectivity index (χ1n) is 18.2. The number of hydrogen-bond acceptors (Lipinski definition) is 1. The molecule has 9 aromatic carbocycles. The zero-order valence-electron chi connectivity index (χ0n) is 29.1. The maximum Gasteiger partial charge on any atom is 0.135 e. The van der Waals surface area contributed by atoms with E-state index in [2.05, 4.69) is 184 Å². The molecule has 0 fully saturated rings. The highest BCUT2D eigenvalue weighted by Crippen LogP contribution is 2.53. The highest BCUT2D eigenvalue weighted by atomic mass is 16.5. The van der Waals surface area contributed by atoms with Gasteiger partial charge in [0.25, 0.3) is 0 Å². The summed E-state index contributed by atoms with van der Waals surface area (Å²) in [5, 5.41) is 7.51. The predicted molar refractivity (Wildman–Crippen MR) is 218 cm³/mol. The van der Waals surface area contributed by atoms with Crippen LogP contribution in [0.2, 0.25) is 0 Å². The van der Waals surface area contributed by atoms with Gasteiger partial charge in [-0.2, -0.15) is 0 Å². The van der Waals surface area contributed by atoms with Gasteiger partial charge in [0, 0.05) is 16.4 Å². The van der Waals surface area contributed by atoms with Crippen LogP contribution in [-0.4, -0.2) is 0 Å². The normalized spacial score (nSPS) is 13.5. The van der Waals surface area contributed by atoms with Crippen molar-refractivity contribution in [3.05, 3.63) is 181 Å². The molecular formula is C51H34O. The highest BCUT2D eigenvalue weighted by Gasteiger charge is 2.36. The summed E-state index contributed by atoms with van der Waals surface area (Å²) in [5.74, 6) is 1.81. The number of fused-ring (bicyclic) bond motifs is 8. The van der Waals surface area contributed by atoms with Gasteiger partial charge in [0.05, 0.1) is 0 Å². The topological polar surface area (TPSA) is 9.23 Å². The Labute approximate surface area is 303 Å². The SMILES string of the molecule is CC1(C)c2cc(-c3ccc(-c4ccc5c6c(cccc46)-c4ccc(-c6ccccc6)cc4O5)c4ccccc34)ccc2-c2c1ccc1ccccc21. The van der Waals surface area contributed by atoms with Gasteiger partial charge < -0.3 is 4.74 Å². The Hall–Kier alpha value is -6.44. The molecule has 0 amide bonds. The minimum absolute atomic E-state index is 0.0897. The first-order chi connectivity index (χ1) is 25.5. The molecule has 1 aliphatic carbocycles. The van der Waals surface area contributed by atoms with E-state index in [0.717, 1.165) is 22.6 Å². The summed E-state index contributed by atoms with van der Waals surface area (Å²) < 4.78 is 6.67. The Morgan fingerprint density at radius 1 is 0.365 bits per heavy atom. The van der Waals surface area contributed by atoms with Crippen LogP contribution in [0.25, 0.3) is 88.0 Å². The molecule has 0 saturated heterocycles. The van der Waals surface area contributed by atoms with Crippen LogP contribution in [0.3, 0.4) is 0 Å². The lowest BCUT2D eigenvalue weighted by molar-refractivity contribution is 0.487. The smallest absolute Gasteiger partial charge is 0.135 e. The number of hydrogen-bond donors (Lipinski definition) is 0. The van der Waals surface area contributed by atoms with E-state index in [1.54, 1.807) is 0 Å². The Morgan fingerprint density at radius 2 is 1.02 bits per heavy atom. The second-order valence-electron chi connectivity index (χ2n) is 14.8. The van der Waals surface area contributed by atoms with Crippen LogP contribution >= 0.6 is 0 Å². The van der Waals surface area contributed by atoms with E-state index in [4.69, 9.17) is 4.74 Å². The van der Waals surface area contributed by atoms with Gasteiger partial charge in [0.1, 0.15) is 11.5 Å². The Kier molecular flexibility index (Phi) is 6.08. The molecule has 244 valence electrons. The van der Waals surface area contributed by atoms with E-state index in [9.17, 15) is 0 Å². The van der Waals surface area contributed by atoms with Crippen LogP contribution in [0.5, 0.6) is 11.5 Å². The van der Waals surface area contributed by atoms with Gasteiger partial charge in [-0.3, -0.25) is 0 Å². The van der Waals surface area contributed by atoms with Gasteiger partial charge in [-0.05, 0) is 112 Å². The molecule has 1 nitrogen and oxygen atoms in total. The molecule has 0 aromatic heterocycles. The molecule has 0 N–H and O–H groups in total. The van der Waals surface area contributed by atoms with Crippen LogP contribution in [0, 0.1) is 0 Å². The van der Waals surface area contributed by atoms with Crippen LogP contribution in [0.1, 0.15) is 25.0 Å². The van der Waals surface area contributed by atoms with Gasteiger partial charge in [-0.1, -0.05) is 159 Å². The van der Waals surface area contributed by atoms with Crippen molar-refractivity contribution < 1.29 is 4.74 Å². The minimum Gasteiger partial charge on any atom is -0.456 e. The van der Waals surface area contributed by atoms with E-state index >= 15 is 0 Å². The third-order valence-corrected chi connectivity index (χ3v) is 11.7. The van der Waals surface area contributed by atoms with Crippen LogP contribution in [-0.2, 0) is 5.41 Å². The maximum atomic E-state index is 6.67. The third kappa shape index (κ3) is 4.11. The van der Waals surface area contributed by atoms with Crippen LogP contribution in [0.15, 0.2) is 170 Å². The molecule has 11 rings (SSSR count). The van der Waals surface area contributed by atoms with Gasteiger partial charge in [-0.15, -0.1) is 0 Å². The Balaban J connectivity index is 1.05. The van der Waals surface area contributed by atoms with Crippen molar-refractivity contribution in [3.63, 3.8) is 0 Å². The maximum absolute atomic E-state index is 6.67. The highest BCUT2D eigenvalue weighted by molar-refractivity contribution is 6.14. The summed E-state index contributed by atoms with van der Waals surface area (Å²) in [5.41, 5.74) is 15.1. The van der Waals surface area contributed by atoms with E-state index < -0.39 is 0 Å². The van der Waals surface area contributed by atoms with E-state index in [1.807, 2.05) is 0 Å². The van der Waals surface area contributed by atoms with Crippen molar-refractivity contribution in [2.24, 2.45) is 0 Å². The van der Waals surface area contributed by atoms with Gasteiger partial charge in [0.15, 0.2) is 0 Å². The largest absolute Gasteiger partial charge is 0.456 e. The summed E-state index contributed by atoms with van der Waals surface area (Å²) in [6.45, 7) is 4.75. The van der Waals surface area contributed by atoms with Crippen molar-refractivity contribution in [2.45, 2.75) is 19.3 Å². The molecule has 1 heterocycles. The number of ether oxygens (including phenoxy) is 1. The summed E-state index contributed by atoms with van der Waals surface area (Å²) in [6, 6.07) is 62.3. The van der Waals surface area contributed by atoms with Crippen LogP contribution in [0.4, 0.5) is 0 Å². The monoisotopic (exact) mass is 662 g/mol. The minimum atomic E-state index is -0.0897. The molecule has 1 aliphatic heterocycles. The van der Waals surface area contributed by atoms with Gasteiger partial charge in [0.2, 0.25) is 0 Å². The second kappa shape index (κ2) is 10.8. The van der Waals surface area contributed by atoms with Crippen molar-refractivity contribution >= 4 is 32.3 Å². The first-order valence-corrected chi connectivity index (χ1v) is 18.2. The lowest BCUT2D eigenvalue weighted by Crippen LogP contribution is -2.15. The fourth-order valence-corrected chi connectivity index (χ4v) is 9.14. The molecule has 0 unspecified atom stereocenters. The second-order valence-corrected chi connectivity index (χ2v) is 14.8. The van der Waals surface area contributed by atoms with Gasteiger partial charge >= 0.3 is 0 Å². The quantitative estimate of drug-likeness (QED) is 0.183. The molecule has 0 atom stereocenters. The number of rotatable bonds is 3. The Bertz CT molecular complexity index is 2950. The van der Waals surface area contributed by atoms with Crippen molar-refractivity contribution in [1.29, 1.82) is 0 Å². The van der Waals surface area contributed by atoms with Crippen molar-refractivity contribution in [1.82, 2.24) is 0 Å². The lowest BCUT2D eigenvalue weighted by Gasteiger charge is -2.24. The van der Waals surface area contributed by atoms with Crippen molar-refractivity contribution in [2.75, 3.05) is 0 Å². The fourth-order valence-electron chi connectivity index (χ4n) is 9.14. The standard InChI is InChI=1S/C51H34O/c1-51(2)45-27-21-32-13-6-7-14-36(32)49(45)44-23-20-34(29-46(44)51)35-24-25-39(38-16-9-8-15-37(35)38)40-26-28-47-50-42(40)17-10-18-43(50)41-22-19-33(30-48(41)52-47)31-11-4-3-5-12-31/h3-30H,1-2H3. The molecular weight excluding hydrogens is 629 g/mol. The molecule has 0 spiro atoms. The third-order valence-electron chi connectivity index (χ3n) is 11.7. The average molecular weight is 663 g/mol. The van der Waals surface area contributed by atoms with Crippen molar-refractivity contribution in [3.8, 4) is 67.1 Å². The average Bonchev–Trinajstić information content (AvgIpc) is 3.43. The number of benzene rings is 9. The molecule has 52 heavy (non-hydrogen) atoms. The van der Waals surface area contributed by atoms with Gasteiger partial charge in [-0.25, -0.2) is 0 Å². The Morgan fingerprint density at radius 3 is 1.88 bits per heavy atom. The summed E-state index contributed by atoms with van der Waals surface area (Å²) >= 11 is 0. The molecule has 0 saturated carbocycles. The molecule has 0 bridgehead atoms. The van der Waals surface area contributed by atoms with Crippen LogP contribution < -0.4 is 4.74 Å². The summed E-state index contributed by atoms with van der Waals surface area (Å²) in [7, 11) is 0. The van der Waals surface area contributed by atoms with E-state index in [1.165, 1.54) is 88.0 Å². The first kappa shape index (κ1) is 29.3. The van der Waals surface area contributed by atoms with E-state index in [-0.39, 0.29) is 5.41 Å². The molecule has 9 aromatic rings. The summed E-state index contributed by atoms with van der Waals surface area (Å²) in [6.07, 6.45) is 0. The zero-order valence-corrected chi connectivity index (χ0v) is 29.1. The molecule has 1 heteroatoms. The summed E-state index contributed by atoms with van der Waals surface area (Å²) in [4.78, 5) is 0. The zero-order chi connectivity index (χ0) is 34.6.